The van der Waals surface area contributed by atoms with Gasteiger partial charge in [0.1, 0.15) is 11.6 Å². The number of halogens is 1. The molecule has 0 fully saturated rings. The first-order valence-electron chi connectivity index (χ1n) is 7.19. The van der Waals surface area contributed by atoms with Crippen LogP contribution in [0.2, 0.25) is 5.02 Å². The first-order chi connectivity index (χ1) is 10.7. The quantitative estimate of drug-likeness (QED) is 0.778. The van der Waals surface area contributed by atoms with Gasteiger partial charge in [0.05, 0.1) is 23.2 Å². The first kappa shape index (κ1) is 14.7. The van der Waals surface area contributed by atoms with Crippen molar-refractivity contribution in [3.63, 3.8) is 0 Å². The number of fused-ring (bicyclic) bond motifs is 1. The average Bonchev–Trinajstić information content (AvgIpc) is 2.83. The van der Waals surface area contributed by atoms with Gasteiger partial charge in [-0.2, -0.15) is 0 Å². The van der Waals surface area contributed by atoms with Crippen molar-refractivity contribution in [3.8, 4) is 5.75 Å². The summed E-state index contributed by atoms with van der Waals surface area (Å²) < 4.78 is 7.20. The highest BCUT2D eigenvalue weighted by Crippen LogP contribution is 2.25. The third-order valence-corrected chi connectivity index (χ3v) is 3.92. The third-order valence-electron chi connectivity index (χ3n) is 3.63. The highest BCUT2D eigenvalue weighted by Gasteiger charge is 2.06. The fraction of sp³-hybridized carbons (Fsp3) is 0.235. The lowest BCUT2D eigenvalue weighted by Gasteiger charge is -2.11. The zero-order valence-corrected chi connectivity index (χ0v) is 13.4. The molecule has 0 saturated heterocycles. The molecule has 1 heterocycles. The minimum Gasteiger partial charge on any atom is -0.495 e. The van der Waals surface area contributed by atoms with E-state index in [1.807, 2.05) is 48.0 Å². The number of methoxy groups -OCH3 is 1. The van der Waals surface area contributed by atoms with Crippen LogP contribution in [0.25, 0.3) is 11.0 Å². The van der Waals surface area contributed by atoms with Gasteiger partial charge in [-0.3, -0.25) is 0 Å². The molecule has 0 saturated carbocycles. The lowest BCUT2D eigenvalue weighted by molar-refractivity contribution is 0.415. The van der Waals surface area contributed by atoms with Crippen LogP contribution in [0.3, 0.4) is 0 Å². The molecular formula is C17H18ClN3O. The number of nitrogens with one attached hydrogen (secondary N) is 1. The van der Waals surface area contributed by atoms with Gasteiger partial charge in [0.15, 0.2) is 0 Å². The van der Waals surface area contributed by atoms with E-state index in [0.717, 1.165) is 29.8 Å². The molecule has 0 aliphatic carbocycles. The number of hydrogen-bond acceptors (Lipinski definition) is 3. The Hall–Kier alpha value is -2.20. The van der Waals surface area contributed by atoms with Crippen molar-refractivity contribution >= 4 is 22.6 Å². The summed E-state index contributed by atoms with van der Waals surface area (Å²) in [5.74, 6) is 1.66. The molecular weight excluding hydrogens is 298 g/mol. The lowest BCUT2D eigenvalue weighted by Crippen LogP contribution is -2.18. The lowest BCUT2D eigenvalue weighted by atomic mass is 10.1. The summed E-state index contributed by atoms with van der Waals surface area (Å²) in [6, 6.07) is 14.0. The van der Waals surface area contributed by atoms with Crippen molar-refractivity contribution in [3.05, 3.63) is 58.9 Å². The van der Waals surface area contributed by atoms with Gasteiger partial charge in [0, 0.05) is 6.54 Å². The number of nitrogens with zero attached hydrogens (tertiary/aromatic N) is 2. The molecule has 22 heavy (non-hydrogen) atoms. The Bertz CT molecular complexity index is 798. The second kappa shape index (κ2) is 6.28. The Morgan fingerprint density at radius 1 is 1.23 bits per heavy atom. The molecule has 3 rings (SSSR count). The maximum atomic E-state index is 6.15. The molecule has 0 radical (unpaired) electrons. The molecule has 0 atom stereocenters. The number of benzene rings is 2. The molecule has 1 aromatic heterocycles. The predicted octanol–water partition coefficient (Wildman–Crippen LogP) is 3.79. The van der Waals surface area contributed by atoms with Gasteiger partial charge in [0.2, 0.25) is 0 Å². The number of para-hydroxylation sites is 2. The van der Waals surface area contributed by atoms with Crippen LogP contribution in [0.1, 0.15) is 11.4 Å². The molecule has 0 aliphatic rings. The molecule has 4 nitrogen and oxygen atoms in total. The Balaban J connectivity index is 1.70. The van der Waals surface area contributed by atoms with Crippen molar-refractivity contribution in [1.29, 1.82) is 0 Å². The second-order valence-corrected chi connectivity index (χ2v) is 5.52. The van der Waals surface area contributed by atoms with Crippen molar-refractivity contribution in [2.24, 2.45) is 0 Å². The second-order valence-electron chi connectivity index (χ2n) is 5.11. The molecule has 114 valence electrons. The van der Waals surface area contributed by atoms with E-state index in [4.69, 9.17) is 16.3 Å². The normalized spacial score (nSPS) is 10.9. The molecule has 0 spiro atoms. The summed E-state index contributed by atoms with van der Waals surface area (Å²) in [6.07, 6.45) is 0.871. The zero-order chi connectivity index (χ0) is 15.5. The van der Waals surface area contributed by atoms with Crippen molar-refractivity contribution in [2.75, 3.05) is 19.1 Å². The molecule has 0 bridgehead atoms. The van der Waals surface area contributed by atoms with E-state index in [1.165, 1.54) is 5.56 Å². The molecule has 0 amide bonds. The average molecular weight is 316 g/mol. The van der Waals surface area contributed by atoms with E-state index in [1.54, 1.807) is 7.11 Å². The number of hydrogen-bond donors (Lipinski definition) is 1. The van der Waals surface area contributed by atoms with Crippen LogP contribution in [0.5, 0.6) is 5.75 Å². The van der Waals surface area contributed by atoms with Gasteiger partial charge in [0.25, 0.3) is 0 Å². The number of ether oxygens (including phenoxy) is 1. The van der Waals surface area contributed by atoms with Crippen LogP contribution in [0.4, 0.5) is 0 Å². The Kier molecular flexibility index (Phi) is 4.20. The van der Waals surface area contributed by atoms with Crippen molar-refractivity contribution < 1.29 is 4.74 Å². The SMILES string of the molecule is COc1ccc(CCNn2c(C)nc3ccccc32)cc1Cl. The van der Waals surface area contributed by atoms with Crippen LogP contribution in [0, 0.1) is 6.92 Å². The number of imidazole rings is 1. The summed E-state index contributed by atoms with van der Waals surface area (Å²) in [5.41, 5.74) is 6.67. The van der Waals surface area contributed by atoms with Gasteiger partial charge < -0.3 is 10.2 Å². The summed E-state index contributed by atoms with van der Waals surface area (Å²) in [4.78, 5) is 4.54. The van der Waals surface area contributed by atoms with Gasteiger partial charge >= 0.3 is 0 Å². The summed E-state index contributed by atoms with van der Waals surface area (Å²) in [7, 11) is 1.62. The monoisotopic (exact) mass is 315 g/mol. The Morgan fingerprint density at radius 3 is 2.82 bits per heavy atom. The summed E-state index contributed by atoms with van der Waals surface area (Å²) >= 11 is 6.15. The molecule has 1 N–H and O–H groups in total. The van der Waals surface area contributed by atoms with Crippen LogP contribution in [0.15, 0.2) is 42.5 Å². The van der Waals surface area contributed by atoms with E-state index >= 15 is 0 Å². The van der Waals surface area contributed by atoms with Crippen LogP contribution >= 0.6 is 11.6 Å². The Labute approximate surface area is 134 Å². The van der Waals surface area contributed by atoms with E-state index in [2.05, 4.69) is 16.5 Å². The number of rotatable bonds is 5. The van der Waals surface area contributed by atoms with Gasteiger partial charge in [-0.1, -0.05) is 29.8 Å². The standard InChI is InChI=1S/C17H18ClN3O/c1-12-20-15-5-3-4-6-16(15)21(12)19-10-9-13-7-8-17(22-2)14(18)11-13/h3-8,11,19H,9-10H2,1-2H3. The van der Waals surface area contributed by atoms with E-state index in [9.17, 15) is 0 Å². The molecule has 0 aliphatic heterocycles. The highest BCUT2D eigenvalue weighted by molar-refractivity contribution is 6.32. The van der Waals surface area contributed by atoms with E-state index in [0.29, 0.717) is 10.8 Å². The molecule has 5 heteroatoms. The zero-order valence-electron chi connectivity index (χ0n) is 12.6. The van der Waals surface area contributed by atoms with Gasteiger partial charge in [-0.15, -0.1) is 0 Å². The van der Waals surface area contributed by atoms with E-state index in [-0.39, 0.29) is 0 Å². The summed E-state index contributed by atoms with van der Waals surface area (Å²) in [6.45, 7) is 2.79. The van der Waals surface area contributed by atoms with Crippen LogP contribution in [-0.4, -0.2) is 23.3 Å². The maximum absolute atomic E-state index is 6.15. The predicted molar refractivity (Wildman–Crippen MR) is 90.4 cm³/mol. The van der Waals surface area contributed by atoms with Crippen LogP contribution in [-0.2, 0) is 6.42 Å². The molecule has 3 aromatic rings. The Morgan fingerprint density at radius 2 is 2.05 bits per heavy atom. The van der Waals surface area contributed by atoms with Gasteiger partial charge in [-0.25, -0.2) is 9.66 Å². The van der Waals surface area contributed by atoms with Gasteiger partial charge in [-0.05, 0) is 43.2 Å². The maximum Gasteiger partial charge on any atom is 0.137 e. The fourth-order valence-electron chi connectivity index (χ4n) is 2.52. The van der Waals surface area contributed by atoms with E-state index < -0.39 is 0 Å². The molecule has 2 aromatic carbocycles. The smallest absolute Gasteiger partial charge is 0.137 e. The first-order valence-corrected chi connectivity index (χ1v) is 7.57. The highest BCUT2D eigenvalue weighted by atomic mass is 35.5. The number of aromatic nitrogens is 2. The topological polar surface area (TPSA) is 39.1 Å². The summed E-state index contributed by atoms with van der Waals surface area (Å²) in [5, 5.41) is 0.643. The van der Waals surface area contributed by atoms with Crippen molar-refractivity contribution in [2.45, 2.75) is 13.3 Å². The minimum atomic E-state index is 0.643. The van der Waals surface area contributed by atoms with Crippen LogP contribution < -0.4 is 10.2 Å². The minimum absolute atomic E-state index is 0.643. The largest absolute Gasteiger partial charge is 0.495 e. The number of aryl methyl sites for hydroxylation is 1. The van der Waals surface area contributed by atoms with Crippen molar-refractivity contribution in [1.82, 2.24) is 9.66 Å². The molecule has 0 unspecified atom stereocenters. The fourth-order valence-corrected chi connectivity index (χ4v) is 2.80. The third kappa shape index (κ3) is 2.88.